The van der Waals surface area contributed by atoms with Crippen LogP contribution in [-0.2, 0) is 6.61 Å². The lowest BCUT2D eigenvalue weighted by atomic mass is 10.1. The van der Waals surface area contributed by atoms with E-state index in [1.807, 2.05) is 6.07 Å². The van der Waals surface area contributed by atoms with Gasteiger partial charge >= 0.3 is 0 Å². The number of aliphatic hydroxyl groups is 1. The first kappa shape index (κ1) is 14.0. The molecule has 0 aliphatic heterocycles. The van der Waals surface area contributed by atoms with E-state index in [2.05, 4.69) is 0 Å². The second-order valence-corrected chi connectivity index (χ2v) is 4.46. The fraction of sp³-hybridized carbons (Fsp3) is 0.188. The van der Waals surface area contributed by atoms with Crippen LogP contribution in [0.1, 0.15) is 29.7 Å². The molecule has 0 bridgehead atoms. The van der Waals surface area contributed by atoms with Gasteiger partial charge in [0.15, 0.2) is 0 Å². The van der Waals surface area contributed by atoms with Crippen LogP contribution in [-0.4, -0.2) is 5.11 Å². The van der Waals surface area contributed by atoms with E-state index >= 15 is 0 Å². The number of rotatable bonds is 4. The molecule has 4 heteroatoms. The van der Waals surface area contributed by atoms with E-state index in [1.54, 1.807) is 31.2 Å². The molecule has 0 heterocycles. The Morgan fingerprint density at radius 1 is 1.30 bits per heavy atom. The van der Waals surface area contributed by atoms with Crippen LogP contribution in [0.15, 0.2) is 42.5 Å². The highest BCUT2D eigenvalue weighted by Gasteiger charge is 2.06. The molecule has 1 atom stereocenters. The summed E-state index contributed by atoms with van der Waals surface area (Å²) in [5.41, 5.74) is 1.45. The molecule has 0 aliphatic carbocycles. The summed E-state index contributed by atoms with van der Waals surface area (Å²) in [5, 5.41) is 18.3. The maximum Gasteiger partial charge on any atom is 0.129 e. The lowest BCUT2D eigenvalue weighted by Gasteiger charge is -2.10. The predicted octanol–water partition coefficient (Wildman–Crippen LogP) is 3.33. The van der Waals surface area contributed by atoms with Crippen LogP contribution in [0.25, 0.3) is 0 Å². The van der Waals surface area contributed by atoms with Crippen LogP contribution in [0.3, 0.4) is 0 Å². The lowest BCUT2D eigenvalue weighted by Crippen LogP contribution is -2.00. The molecule has 0 spiro atoms. The minimum absolute atomic E-state index is 0.0324. The number of halogens is 1. The van der Waals surface area contributed by atoms with Crippen molar-refractivity contribution in [2.45, 2.75) is 19.6 Å². The van der Waals surface area contributed by atoms with E-state index in [4.69, 9.17) is 10.00 Å². The maximum atomic E-state index is 13.6. The normalized spacial score (nSPS) is 11.7. The zero-order valence-electron chi connectivity index (χ0n) is 11.0. The van der Waals surface area contributed by atoms with Gasteiger partial charge in [-0.2, -0.15) is 5.26 Å². The van der Waals surface area contributed by atoms with E-state index < -0.39 is 11.9 Å². The molecule has 20 heavy (non-hydrogen) atoms. The number of benzene rings is 2. The first-order valence-corrected chi connectivity index (χ1v) is 6.19. The smallest absolute Gasteiger partial charge is 0.129 e. The highest BCUT2D eigenvalue weighted by atomic mass is 19.1. The van der Waals surface area contributed by atoms with Gasteiger partial charge in [0.2, 0.25) is 0 Å². The summed E-state index contributed by atoms with van der Waals surface area (Å²) in [5.74, 6) is 0.140. The molecule has 1 N–H and O–H groups in total. The van der Waals surface area contributed by atoms with Gasteiger partial charge in [-0.3, -0.25) is 0 Å². The quantitative estimate of drug-likeness (QED) is 0.928. The summed E-state index contributed by atoms with van der Waals surface area (Å²) in [7, 11) is 0. The molecular formula is C16H14FNO2. The molecule has 0 aromatic heterocycles. The Labute approximate surface area is 116 Å². The third-order valence-electron chi connectivity index (χ3n) is 2.91. The average molecular weight is 271 g/mol. The lowest BCUT2D eigenvalue weighted by molar-refractivity contribution is 0.198. The van der Waals surface area contributed by atoms with Gasteiger partial charge in [-0.15, -0.1) is 0 Å². The van der Waals surface area contributed by atoms with Crippen molar-refractivity contribution in [3.8, 4) is 11.8 Å². The second-order valence-electron chi connectivity index (χ2n) is 4.46. The Hall–Kier alpha value is -2.38. The molecule has 0 radical (unpaired) electrons. The van der Waals surface area contributed by atoms with Crippen molar-refractivity contribution < 1.29 is 14.2 Å². The maximum absolute atomic E-state index is 13.6. The van der Waals surface area contributed by atoms with Gasteiger partial charge in [-0.05, 0) is 42.8 Å². The van der Waals surface area contributed by atoms with E-state index in [9.17, 15) is 9.50 Å². The van der Waals surface area contributed by atoms with Gasteiger partial charge in [-0.1, -0.05) is 12.1 Å². The molecule has 0 fully saturated rings. The summed E-state index contributed by atoms with van der Waals surface area (Å²) in [6.07, 6.45) is -0.586. The second kappa shape index (κ2) is 6.18. The standard InChI is InChI=1S/C16H14FNO2/c1-11(19)13-3-2-4-15(8-13)20-10-14-7-12(9-18)5-6-16(14)17/h2-8,11,19H,10H2,1H3/t11-/m1/s1. The summed E-state index contributed by atoms with van der Waals surface area (Å²) < 4.78 is 19.1. The average Bonchev–Trinajstić information content (AvgIpc) is 2.46. The summed E-state index contributed by atoms with van der Waals surface area (Å²) in [6.45, 7) is 1.69. The van der Waals surface area contributed by atoms with Gasteiger partial charge in [0.05, 0.1) is 17.7 Å². The van der Waals surface area contributed by atoms with Gasteiger partial charge in [0.25, 0.3) is 0 Å². The fourth-order valence-electron chi connectivity index (χ4n) is 1.78. The Morgan fingerprint density at radius 3 is 2.80 bits per heavy atom. The molecule has 0 saturated heterocycles. The topological polar surface area (TPSA) is 53.2 Å². The highest BCUT2D eigenvalue weighted by Crippen LogP contribution is 2.20. The van der Waals surface area contributed by atoms with Crippen LogP contribution in [0, 0.1) is 17.1 Å². The Balaban J connectivity index is 2.13. The Kier molecular flexibility index (Phi) is 4.34. The minimum Gasteiger partial charge on any atom is -0.489 e. The molecule has 2 aromatic rings. The highest BCUT2D eigenvalue weighted by molar-refractivity contribution is 5.34. The molecule has 0 amide bonds. The van der Waals surface area contributed by atoms with Crippen molar-refractivity contribution in [3.05, 3.63) is 65.0 Å². The van der Waals surface area contributed by atoms with Crippen molar-refractivity contribution in [3.63, 3.8) is 0 Å². The van der Waals surface area contributed by atoms with Crippen molar-refractivity contribution in [2.75, 3.05) is 0 Å². The first-order valence-electron chi connectivity index (χ1n) is 6.19. The number of nitrogens with zero attached hydrogens (tertiary/aromatic N) is 1. The van der Waals surface area contributed by atoms with E-state index in [1.165, 1.54) is 18.2 Å². The Morgan fingerprint density at radius 2 is 2.10 bits per heavy atom. The third kappa shape index (κ3) is 3.34. The Bertz CT molecular complexity index is 647. The third-order valence-corrected chi connectivity index (χ3v) is 2.91. The largest absolute Gasteiger partial charge is 0.489 e. The van der Waals surface area contributed by atoms with E-state index in [-0.39, 0.29) is 6.61 Å². The minimum atomic E-state index is -0.586. The van der Waals surface area contributed by atoms with Crippen molar-refractivity contribution in [1.82, 2.24) is 0 Å². The number of hydrogen-bond donors (Lipinski definition) is 1. The van der Waals surface area contributed by atoms with Crippen molar-refractivity contribution >= 4 is 0 Å². The summed E-state index contributed by atoms with van der Waals surface area (Å²) in [4.78, 5) is 0. The van der Waals surface area contributed by atoms with Crippen LogP contribution in [0.2, 0.25) is 0 Å². The molecule has 2 aromatic carbocycles. The monoisotopic (exact) mass is 271 g/mol. The van der Waals surface area contributed by atoms with E-state index in [0.29, 0.717) is 16.9 Å². The number of hydrogen-bond acceptors (Lipinski definition) is 3. The van der Waals surface area contributed by atoms with Crippen LogP contribution in [0.4, 0.5) is 4.39 Å². The molecule has 0 saturated carbocycles. The molecule has 0 aliphatic rings. The first-order chi connectivity index (χ1) is 9.60. The van der Waals surface area contributed by atoms with Gasteiger partial charge in [0, 0.05) is 5.56 Å². The SMILES string of the molecule is C[C@@H](O)c1cccc(OCc2cc(C#N)ccc2F)c1. The molecule has 3 nitrogen and oxygen atoms in total. The number of aliphatic hydroxyl groups excluding tert-OH is 1. The van der Waals surface area contributed by atoms with Crippen LogP contribution >= 0.6 is 0 Å². The molecule has 0 unspecified atom stereocenters. The summed E-state index contributed by atoms with van der Waals surface area (Å²) in [6, 6.07) is 13.1. The predicted molar refractivity (Wildman–Crippen MR) is 72.5 cm³/mol. The van der Waals surface area contributed by atoms with E-state index in [0.717, 1.165) is 5.56 Å². The fourth-order valence-corrected chi connectivity index (χ4v) is 1.78. The summed E-state index contributed by atoms with van der Waals surface area (Å²) >= 11 is 0. The molecular weight excluding hydrogens is 257 g/mol. The molecule has 2 rings (SSSR count). The van der Waals surface area contributed by atoms with Gasteiger partial charge in [0.1, 0.15) is 18.2 Å². The zero-order valence-corrected chi connectivity index (χ0v) is 11.0. The number of nitriles is 1. The van der Waals surface area contributed by atoms with Gasteiger partial charge < -0.3 is 9.84 Å². The van der Waals surface area contributed by atoms with Crippen LogP contribution < -0.4 is 4.74 Å². The van der Waals surface area contributed by atoms with Crippen molar-refractivity contribution in [2.24, 2.45) is 0 Å². The van der Waals surface area contributed by atoms with Crippen LogP contribution in [0.5, 0.6) is 5.75 Å². The van der Waals surface area contributed by atoms with Crippen molar-refractivity contribution in [1.29, 1.82) is 5.26 Å². The van der Waals surface area contributed by atoms with Gasteiger partial charge in [-0.25, -0.2) is 4.39 Å². The number of ether oxygens (including phenoxy) is 1. The molecule has 102 valence electrons. The zero-order chi connectivity index (χ0) is 14.5.